The van der Waals surface area contributed by atoms with Crippen molar-refractivity contribution >= 4 is 17.1 Å². The number of rotatable bonds is 6. The summed E-state index contributed by atoms with van der Waals surface area (Å²) in [4.78, 5) is 2.44. The molecule has 0 fully saturated rings. The van der Waals surface area contributed by atoms with E-state index in [-0.39, 0.29) is 5.41 Å². The van der Waals surface area contributed by atoms with Gasteiger partial charge in [-0.1, -0.05) is 152 Å². The van der Waals surface area contributed by atoms with Gasteiger partial charge in [0.25, 0.3) is 0 Å². The summed E-state index contributed by atoms with van der Waals surface area (Å²) in [6.07, 6.45) is 0. The van der Waals surface area contributed by atoms with E-state index in [1.54, 1.807) is 0 Å². The van der Waals surface area contributed by atoms with E-state index >= 15 is 0 Å². The molecule has 1 nitrogen and oxygen atoms in total. The average Bonchev–Trinajstić information content (AvgIpc) is 3.40. The van der Waals surface area contributed by atoms with Crippen molar-refractivity contribution in [2.45, 2.75) is 12.3 Å². The summed E-state index contributed by atoms with van der Waals surface area (Å²) in [6.45, 7) is 2.39. The van der Waals surface area contributed by atoms with Crippen molar-refractivity contribution in [3.8, 4) is 33.4 Å². The maximum absolute atomic E-state index is 2.44. The van der Waals surface area contributed by atoms with Crippen molar-refractivity contribution in [1.82, 2.24) is 0 Å². The Hall–Kier alpha value is -5.66. The molecular weight excluding hydrogens is 542 g/mol. The fraction of sp³-hybridized carbons (Fsp3) is 0.0455. The zero-order valence-corrected chi connectivity index (χ0v) is 25.3. The number of hydrogen-bond acceptors (Lipinski definition) is 1. The monoisotopic (exact) mass is 575 g/mol. The zero-order chi connectivity index (χ0) is 30.2. The first-order chi connectivity index (χ1) is 22.2. The molecular formula is C44H33N. The summed E-state index contributed by atoms with van der Waals surface area (Å²) in [5.41, 5.74) is 14.5. The first kappa shape index (κ1) is 26.9. The molecule has 1 heteroatoms. The first-order valence-corrected chi connectivity index (χ1v) is 15.6. The van der Waals surface area contributed by atoms with E-state index in [4.69, 9.17) is 0 Å². The highest BCUT2D eigenvalue weighted by Gasteiger charge is 2.43. The van der Waals surface area contributed by atoms with E-state index in [9.17, 15) is 0 Å². The summed E-state index contributed by atoms with van der Waals surface area (Å²) in [7, 11) is 0. The topological polar surface area (TPSA) is 3.24 Å². The molecule has 0 N–H and O–H groups in total. The van der Waals surface area contributed by atoms with Crippen molar-refractivity contribution in [2.75, 3.05) is 4.90 Å². The number of anilines is 3. The van der Waals surface area contributed by atoms with Crippen LogP contribution in [0.25, 0.3) is 33.4 Å². The lowest BCUT2D eigenvalue weighted by Gasteiger charge is -2.34. The van der Waals surface area contributed by atoms with Crippen LogP contribution in [0.2, 0.25) is 0 Å². The van der Waals surface area contributed by atoms with Crippen molar-refractivity contribution in [3.05, 3.63) is 199 Å². The standard InChI is InChI=1S/C44H33N/c1-44(36-18-9-4-10-19-36)41-22-12-11-20-39(41)40-21-13-23-42(43(40)44)45(37-28-24-34(25-29-37)32-14-5-2-6-15-32)38-30-26-35(27-31-38)33-16-7-3-8-17-33/h2-31H,1H3. The minimum absolute atomic E-state index is 0.323. The Bertz CT molecular complexity index is 2000. The lowest BCUT2D eigenvalue weighted by molar-refractivity contribution is 0.714. The van der Waals surface area contributed by atoms with Crippen LogP contribution < -0.4 is 4.90 Å². The van der Waals surface area contributed by atoms with Gasteiger partial charge < -0.3 is 4.90 Å². The minimum atomic E-state index is -0.323. The summed E-state index contributed by atoms with van der Waals surface area (Å²) >= 11 is 0. The number of fused-ring (bicyclic) bond motifs is 3. The Morgan fingerprint density at radius 3 is 1.38 bits per heavy atom. The largest absolute Gasteiger partial charge is 0.310 e. The lowest BCUT2D eigenvalue weighted by Crippen LogP contribution is -2.25. The fourth-order valence-corrected chi connectivity index (χ4v) is 7.13. The minimum Gasteiger partial charge on any atom is -0.310 e. The summed E-state index contributed by atoms with van der Waals surface area (Å²) in [5.74, 6) is 0. The van der Waals surface area contributed by atoms with E-state index < -0.39 is 0 Å². The van der Waals surface area contributed by atoms with Gasteiger partial charge in [0.2, 0.25) is 0 Å². The van der Waals surface area contributed by atoms with Gasteiger partial charge in [0.15, 0.2) is 0 Å². The quantitative estimate of drug-likeness (QED) is 0.191. The molecule has 0 radical (unpaired) electrons. The summed E-state index contributed by atoms with van der Waals surface area (Å²) in [6, 6.07) is 65.9. The van der Waals surface area contributed by atoms with Crippen LogP contribution in [0, 0.1) is 0 Å². The Balaban J connectivity index is 1.34. The summed E-state index contributed by atoms with van der Waals surface area (Å²) < 4.78 is 0. The van der Waals surface area contributed by atoms with Crippen LogP contribution in [-0.4, -0.2) is 0 Å². The Morgan fingerprint density at radius 1 is 0.378 bits per heavy atom. The number of benzene rings is 7. The second-order valence-electron chi connectivity index (χ2n) is 11.9. The van der Waals surface area contributed by atoms with Gasteiger partial charge in [0.05, 0.1) is 5.69 Å². The van der Waals surface area contributed by atoms with Crippen LogP contribution in [0.3, 0.4) is 0 Å². The normalized spacial score (nSPS) is 14.9. The van der Waals surface area contributed by atoms with E-state index in [2.05, 4.69) is 194 Å². The predicted octanol–water partition coefficient (Wildman–Crippen LogP) is 11.8. The maximum Gasteiger partial charge on any atom is 0.0512 e. The van der Waals surface area contributed by atoms with Crippen molar-refractivity contribution in [2.24, 2.45) is 0 Å². The maximum atomic E-state index is 2.44. The molecule has 7 aromatic carbocycles. The Morgan fingerprint density at radius 2 is 0.822 bits per heavy atom. The molecule has 8 rings (SSSR count). The van der Waals surface area contributed by atoms with Crippen LogP contribution in [0.5, 0.6) is 0 Å². The van der Waals surface area contributed by atoms with E-state index in [1.165, 1.54) is 55.8 Å². The molecule has 0 aromatic heterocycles. The van der Waals surface area contributed by atoms with Gasteiger partial charge in [0, 0.05) is 16.8 Å². The van der Waals surface area contributed by atoms with E-state index in [1.807, 2.05) is 0 Å². The molecule has 0 heterocycles. The van der Waals surface area contributed by atoms with Gasteiger partial charge >= 0.3 is 0 Å². The highest BCUT2D eigenvalue weighted by atomic mass is 15.1. The van der Waals surface area contributed by atoms with Crippen molar-refractivity contribution in [3.63, 3.8) is 0 Å². The van der Waals surface area contributed by atoms with Crippen molar-refractivity contribution < 1.29 is 0 Å². The van der Waals surface area contributed by atoms with E-state index in [0.717, 1.165) is 11.4 Å². The zero-order valence-electron chi connectivity index (χ0n) is 25.3. The summed E-state index contributed by atoms with van der Waals surface area (Å²) in [5, 5.41) is 0. The van der Waals surface area contributed by atoms with Crippen molar-refractivity contribution in [1.29, 1.82) is 0 Å². The fourth-order valence-electron chi connectivity index (χ4n) is 7.13. The molecule has 1 unspecified atom stereocenters. The highest BCUT2D eigenvalue weighted by Crippen LogP contribution is 2.57. The van der Waals surface area contributed by atoms with Crippen LogP contribution in [0.4, 0.5) is 17.1 Å². The van der Waals surface area contributed by atoms with Gasteiger partial charge in [-0.05, 0) is 87.3 Å². The third kappa shape index (κ3) is 4.56. The van der Waals surface area contributed by atoms with Crippen LogP contribution in [0.1, 0.15) is 23.6 Å². The second kappa shape index (κ2) is 11.1. The molecule has 1 atom stereocenters. The average molecular weight is 576 g/mol. The molecule has 0 bridgehead atoms. The Kier molecular flexibility index (Phi) is 6.65. The van der Waals surface area contributed by atoms with E-state index in [0.29, 0.717) is 0 Å². The molecule has 45 heavy (non-hydrogen) atoms. The molecule has 0 saturated carbocycles. The van der Waals surface area contributed by atoms with Gasteiger partial charge in [-0.25, -0.2) is 0 Å². The third-order valence-electron chi connectivity index (χ3n) is 9.36. The molecule has 0 saturated heterocycles. The third-order valence-corrected chi connectivity index (χ3v) is 9.36. The highest BCUT2D eigenvalue weighted by molar-refractivity contribution is 5.92. The molecule has 1 aliphatic rings. The van der Waals surface area contributed by atoms with Crippen LogP contribution in [-0.2, 0) is 5.41 Å². The van der Waals surface area contributed by atoms with Gasteiger partial charge in [0.1, 0.15) is 0 Å². The van der Waals surface area contributed by atoms with Gasteiger partial charge in [-0.3, -0.25) is 0 Å². The number of hydrogen-bond donors (Lipinski definition) is 0. The molecule has 214 valence electrons. The van der Waals surface area contributed by atoms with Crippen LogP contribution >= 0.6 is 0 Å². The second-order valence-corrected chi connectivity index (χ2v) is 11.9. The molecule has 7 aromatic rings. The van der Waals surface area contributed by atoms with Gasteiger partial charge in [-0.15, -0.1) is 0 Å². The van der Waals surface area contributed by atoms with Gasteiger partial charge in [-0.2, -0.15) is 0 Å². The number of nitrogens with zero attached hydrogens (tertiary/aromatic N) is 1. The first-order valence-electron chi connectivity index (χ1n) is 15.6. The lowest BCUT2D eigenvalue weighted by atomic mass is 9.73. The molecule has 0 aliphatic heterocycles. The van der Waals surface area contributed by atoms with Crippen LogP contribution in [0.15, 0.2) is 182 Å². The SMILES string of the molecule is CC1(c2ccccc2)c2ccccc2-c2cccc(N(c3ccc(-c4ccccc4)cc3)c3ccc(-c4ccccc4)cc3)c21. The predicted molar refractivity (Wildman–Crippen MR) is 189 cm³/mol. The molecule has 1 aliphatic carbocycles. The molecule has 0 amide bonds. The molecule has 0 spiro atoms. The smallest absolute Gasteiger partial charge is 0.0512 e. The Labute approximate surface area is 265 Å².